The number of para-hydroxylation sites is 1. The molecule has 4 rings (SSSR count). The summed E-state index contributed by atoms with van der Waals surface area (Å²) in [4.78, 5) is 25.0. The second kappa shape index (κ2) is 10.5. The van der Waals surface area contributed by atoms with Crippen LogP contribution in [0.1, 0.15) is 21.5 Å². The highest BCUT2D eigenvalue weighted by Crippen LogP contribution is 2.26. The fourth-order valence-corrected chi connectivity index (χ4v) is 4.30. The third kappa shape index (κ3) is 5.58. The van der Waals surface area contributed by atoms with Gasteiger partial charge in [0.05, 0.1) is 11.3 Å². The molecule has 178 valence electrons. The number of nitrogens with one attached hydrogen (secondary N) is 2. The second-order valence-corrected chi connectivity index (χ2v) is 8.93. The van der Waals surface area contributed by atoms with Gasteiger partial charge in [0, 0.05) is 24.0 Å². The van der Waals surface area contributed by atoms with Crippen LogP contribution in [0.2, 0.25) is 0 Å². The molecule has 0 fully saturated rings. The van der Waals surface area contributed by atoms with E-state index in [1.807, 2.05) is 45.2 Å². The van der Waals surface area contributed by atoms with E-state index < -0.39 is 11.7 Å². The Bertz CT molecular complexity index is 1380. The molecule has 0 aliphatic carbocycles. The summed E-state index contributed by atoms with van der Waals surface area (Å²) in [5.74, 6) is -0.500. The molecule has 0 saturated heterocycles. The van der Waals surface area contributed by atoms with Crippen molar-refractivity contribution in [1.82, 2.24) is 14.8 Å². The number of aryl methyl sites for hydroxylation is 2. The van der Waals surface area contributed by atoms with Crippen molar-refractivity contribution in [3.8, 4) is 11.4 Å². The molecule has 0 radical (unpaired) electrons. The Hall–Kier alpha value is -3.98. The SMILES string of the molecule is Cc1cccc(C)c1NC(=O)CSc1nnc(-c2cccc(NC(=O)c3ccccc3F)c2)n1C. The molecule has 0 unspecified atom stereocenters. The number of halogens is 1. The fraction of sp³-hybridized carbons (Fsp3) is 0.154. The normalized spacial score (nSPS) is 10.7. The van der Waals surface area contributed by atoms with Crippen LogP contribution in [0.25, 0.3) is 11.4 Å². The minimum atomic E-state index is -0.585. The van der Waals surface area contributed by atoms with E-state index >= 15 is 0 Å². The van der Waals surface area contributed by atoms with E-state index in [-0.39, 0.29) is 17.2 Å². The summed E-state index contributed by atoms with van der Waals surface area (Å²) in [5, 5.41) is 14.7. The van der Waals surface area contributed by atoms with E-state index in [0.717, 1.165) is 22.4 Å². The Morgan fingerprint density at radius 3 is 2.40 bits per heavy atom. The van der Waals surface area contributed by atoms with Crippen LogP contribution in [0.15, 0.2) is 71.9 Å². The van der Waals surface area contributed by atoms with Gasteiger partial charge in [-0.3, -0.25) is 9.59 Å². The van der Waals surface area contributed by atoms with Crippen molar-refractivity contribution in [1.29, 1.82) is 0 Å². The van der Waals surface area contributed by atoms with Crippen molar-refractivity contribution in [3.63, 3.8) is 0 Å². The van der Waals surface area contributed by atoms with E-state index in [1.165, 1.54) is 30.0 Å². The minimum Gasteiger partial charge on any atom is -0.325 e. The lowest BCUT2D eigenvalue weighted by Gasteiger charge is -2.11. The first-order valence-corrected chi connectivity index (χ1v) is 11.9. The van der Waals surface area contributed by atoms with Crippen LogP contribution < -0.4 is 10.6 Å². The van der Waals surface area contributed by atoms with Crippen LogP contribution in [0.4, 0.5) is 15.8 Å². The average Bonchev–Trinajstić information content (AvgIpc) is 3.21. The van der Waals surface area contributed by atoms with E-state index in [2.05, 4.69) is 20.8 Å². The number of hydrogen-bond donors (Lipinski definition) is 2. The van der Waals surface area contributed by atoms with Gasteiger partial charge in [-0.2, -0.15) is 0 Å². The van der Waals surface area contributed by atoms with Gasteiger partial charge in [0.2, 0.25) is 5.91 Å². The molecule has 1 aromatic heterocycles. The third-order valence-electron chi connectivity index (χ3n) is 5.41. The first-order valence-electron chi connectivity index (χ1n) is 10.9. The lowest BCUT2D eigenvalue weighted by atomic mass is 10.1. The quantitative estimate of drug-likeness (QED) is 0.348. The molecule has 2 N–H and O–H groups in total. The van der Waals surface area contributed by atoms with E-state index in [1.54, 1.807) is 28.8 Å². The molecule has 4 aromatic rings. The van der Waals surface area contributed by atoms with Gasteiger partial charge in [-0.1, -0.05) is 54.2 Å². The van der Waals surface area contributed by atoms with Crippen molar-refractivity contribution >= 4 is 35.0 Å². The van der Waals surface area contributed by atoms with E-state index in [0.29, 0.717) is 16.7 Å². The van der Waals surface area contributed by atoms with Crippen molar-refractivity contribution < 1.29 is 14.0 Å². The maximum Gasteiger partial charge on any atom is 0.258 e. The number of hydrogen-bond acceptors (Lipinski definition) is 5. The molecule has 35 heavy (non-hydrogen) atoms. The zero-order chi connectivity index (χ0) is 24.9. The number of anilines is 2. The number of rotatable bonds is 7. The summed E-state index contributed by atoms with van der Waals surface area (Å²) in [6.45, 7) is 3.91. The molecule has 9 heteroatoms. The van der Waals surface area contributed by atoms with Gasteiger partial charge in [0.25, 0.3) is 5.91 Å². The second-order valence-electron chi connectivity index (χ2n) is 7.98. The summed E-state index contributed by atoms with van der Waals surface area (Å²) in [5.41, 5.74) is 4.03. The lowest BCUT2D eigenvalue weighted by molar-refractivity contribution is -0.113. The van der Waals surface area contributed by atoms with Crippen LogP contribution in [0.3, 0.4) is 0 Å². The van der Waals surface area contributed by atoms with Gasteiger partial charge in [-0.15, -0.1) is 10.2 Å². The van der Waals surface area contributed by atoms with Gasteiger partial charge >= 0.3 is 0 Å². The van der Waals surface area contributed by atoms with Gasteiger partial charge in [0.15, 0.2) is 11.0 Å². The minimum absolute atomic E-state index is 0.0329. The number of benzene rings is 3. The van der Waals surface area contributed by atoms with E-state index in [4.69, 9.17) is 0 Å². The Kier molecular flexibility index (Phi) is 7.26. The molecule has 2 amide bonds. The fourth-order valence-electron chi connectivity index (χ4n) is 3.59. The Labute approximate surface area is 206 Å². The Morgan fingerprint density at radius 2 is 1.66 bits per heavy atom. The smallest absolute Gasteiger partial charge is 0.258 e. The van der Waals surface area contributed by atoms with Crippen LogP contribution in [0.5, 0.6) is 0 Å². The van der Waals surface area contributed by atoms with E-state index in [9.17, 15) is 14.0 Å². The molecule has 0 bridgehead atoms. The maximum atomic E-state index is 13.9. The van der Waals surface area contributed by atoms with Crippen molar-refractivity contribution in [2.45, 2.75) is 19.0 Å². The standard InChI is InChI=1S/C26H24FN5O2S/c1-16-8-6-9-17(2)23(16)29-22(33)15-35-26-31-30-24(32(26)3)18-10-7-11-19(14-18)28-25(34)20-12-4-5-13-21(20)27/h4-14H,15H2,1-3H3,(H,28,34)(H,29,33). The highest BCUT2D eigenvalue weighted by atomic mass is 32.2. The van der Waals surface area contributed by atoms with Crippen LogP contribution >= 0.6 is 11.8 Å². The zero-order valence-corrected chi connectivity index (χ0v) is 20.3. The third-order valence-corrected chi connectivity index (χ3v) is 6.43. The topological polar surface area (TPSA) is 88.9 Å². The molecular weight excluding hydrogens is 465 g/mol. The predicted molar refractivity (Wildman–Crippen MR) is 136 cm³/mol. The molecule has 0 aliphatic heterocycles. The monoisotopic (exact) mass is 489 g/mol. The molecule has 0 aliphatic rings. The zero-order valence-electron chi connectivity index (χ0n) is 19.5. The highest BCUT2D eigenvalue weighted by Gasteiger charge is 2.16. The van der Waals surface area contributed by atoms with Gasteiger partial charge in [0.1, 0.15) is 5.82 Å². The van der Waals surface area contributed by atoms with Gasteiger partial charge < -0.3 is 15.2 Å². The van der Waals surface area contributed by atoms with Gasteiger partial charge in [-0.05, 0) is 49.2 Å². The van der Waals surface area contributed by atoms with Gasteiger partial charge in [-0.25, -0.2) is 4.39 Å². The number of amides is 2. The molecule has 0 saturated carbocycles. The summed E-state index contributed by atoms with van der Waals surface area (Å²) in [7, 11) is 1.81. The summed E-state index contributed by atoms with van der Waals surface area (Å²) in [6, 6.07) is 18.7. The Morgan fingerprint density at radius 1 is 0.943 bits per heavy atom. The highest BCUT2D eigenvalue weighted by molar-refractivity contribution is 7.99. The molecule has 1 heterocycles. The number of thioether (sulfide) groups is 1. The van der Waals surface area contributed by atoms with Crippen molar-refractivity contribution in [3.05, 3.63) is 89.2 Å². The van der Waals surface area contributed by atoms with Crippen molar-refractivity contribution in [2.75, 3.05) is 16.4 Å². The summed E-state index contributed by atoms with van der Waals surface area (Å²) in [6.07, 6.45) is 0. The number of aromatic nitrogens is 3. The summed E-state index contributed by atoms with van der Waals surface area (Å²) >= 11 is 1.28. The molecular formula is C26H24FN5O2S. The first kappa shape index (κ1) is 24.2. The van der Waals surface area contributed by atoms with Crippen molar-refractivity contribution in [2.24, 2.45) is 7.05 Å². The molecule has 0 spiro atoms. The largest absolute Gasteiger partial charge is 0.325 e. The number of nitrogens with zero attached hydrogens (tertiary/aromatic N) is 3. The molecule has 3 aromatic carbocycles. The maximum absolute atomic E-state index is 13.9. The lowest BCUT2D eigenvalue weighted by Crippen LogP contribution is -2.16. The van der Waals surface area contributed by atoms with Crippen LogP contribution in [0, 0.1) is 19.7 Å². The number of carbonyl (C=O) groups excluding carboxylic acids is 2. The molecule has 7 nitrogen and oxygen atoms in total. The number of carbonyl (C=O) groups is 2. The molecule has 0 atom stereocenters. The Balaban J connectivity index is 1.44. The van der Waals surface area contributed by atoms with Crippen LogP contribution in [-0.2, 0) is 11.8 Å². The predicted octanol–water partition coefficient (Wildman–Crippen LogP) is 5.22. The average molecular weight is 490 g/mol. The summed E-state index contributed by atoms with van der Waals surface area (Å²) < 4.78 is 15.7. The van der Waals surface area contributed by atoms with Crippen LogP contribution in [-0.4, -0.2) is 32.3 Å². The first-order chi connectivity index (χ1) is 16.8.